The molecule has 1 heterocycles. The molecule has 148 valence electrons. The van der Waals surface area contributed by atoms with Crippen LogP contribution >= 0.6 is 0 Å². The van der Waals surface area contributed by atoms with Crippen molar-refractivity contribution in [2.75, 3.05) is 25.7 Å². The van der Waals surface area contributed by atoms with Crippen LogP contribution in [0.3, 0.4) is 0 Å². The van der Waals surface area contributed by atoms with Gasteiger partial charge in [0.1, 0.15) is 11.5 Å². The molecule has 0 spiro atoms. The first-order valence-electron chi connectivity index (χ1n) is 9.95. The zero-order valence-electron chi connectivity index (χ0n) is 16.3. The summed E-state index contributed by atoms with van der Waals surface area (Å²) in [6.45, 7) is 0.389. The normalized spacial score (nSPS) is 21.5. The van der Waals surface area contributed by atoms with Crippen molar-refractivity contribution in [3.8, 4) is 11.5 Å². The van der Waals surface area contributed by atoms with E-state index in [0.29, 0.717) is 23.7 Å². The Bertz CT molecular complexity index is 668. The number of carbonyl (C=O) groups excluding carboxylic acids is 2. The fraction of sp³-hybridized carbons (Fsp3) is 0.619. The lowest BCUT2D eigenvalue weighted by molar-refractivity contribution is -0.127. The Hall–Kier alpha value is -2.24. The van der Waals surface area contributed by atoms with Crippen molar-refractivity contribution in [2.45, 2.75) is 57.4 Å². The SMILES string of the molecule is COc1ccc(N2C[C@H](C(=O)NC3CCCCCCC3)CC2=O)c(OC)c1. The first-order chi connectivity index (χ1) is 13.1. The second-order valence-electron chi connectivity index (χ2n) is 7.49. The van der Waals surface area contributed by atoms with Crippen LogP contribution in [-0.2, 0) is 9.59 Å². The van der Waals surface area contributed by atoms with Crippen molar-refractivity contribution >= 4 is 17.5 Å². The number of nitrogens with zero attached hydrogens (tertiary/aromatic N) is 1. The van der Waals surface area contributed by atoms with E-state index < -0.39 is 0 Å². The first-order valence-corrected chi connectivity index (χ1v) is 9.95. The Labute approximate surface area is 161 Å². The topological polar surface area (TPSA) is 67.9 Å². The predicted molar refractivity (Wildman–Crippen MR) is 104 cm³/mol. The molecule has 1 N–H and O–H groups in total. The number of hydrogen-bond donors (Lipinski definition) is 1. The Balaban J connectivity index is 1.65. The smallest absolute Gasteiger partial charge is 0.227 e. The standard InChI is InChI=1S/C21H30N2O4/c1-26-17-10-11-18(19(13-17)27-2)23-14-15(12-20(23)24)21(25)22-16-8-6-4-3-5-7-9-16/h10-11,13,15-16H,3-9,12,14H2,1-2H3,(H,22,25)/t15-/m1/s1. The largest absolute Gasteiger partial charge is 0.497 e. The maximum absolute atomic E-state index is 12.7. The van der Waals surface area contributed by atoms with Crippen LogP contribution in [0, 0.1) is 5.92 Å². The van der Waals surface area contributed by atoms with E-state index in [2.05, 4.69) is 5.32 Å². The zero-order chi connectivity index (χ0) is 19.2. The van der Waals surface area contributed by atoms with Crippen LogP contribution in [0.2, 0.25) is 0 Å². The summed E-state index contributed by atoms with van der Waals surface area (Å²) in [5.74, 6) is 0.888. The van der Waals surface area contributed by atoms with Crippen molar-refractivity contribution in [3.63, 3.8) is 0 Å². The van der Waals surface area contributed by atoms with Crippen LogP contribution in [0.4, 0.5) is 5.69 Å². The van der Waals surface area contributed by atoms with Gasteiger partial charge in [0.25, 0.3) is 0 Å². The summed E-state index contributed by atoms with van der Waals surface area (Å²) < 4.78 is 10.6. The molecule has 6 heteroatoms. The van der Waals surface area contributed by atoms with Gasteiger partial charge in [-0.05, 0) is 25.0 Å². The molecule has 2 aliphatic rings. The highest BCUT2D eigenvalue weighted by molar-refractivity contribution is 6.01. The van der Waals surface area contributed by atoms with Gasteiger partial charge in [-0.15, -0.1) is 0 Å². The number of hydrogen-bond acceptors (Lipinski definition) is 4. The van der Waals surface area contributed by atoms with Gasteiger partial charge >= 0.3 is 0 Å². The third-order valence-electron chi connectivity index (χ3n) is 5.63. The lowest BCUT2D eigenvalue weighted by atomic mass is 9.96. The van der Waals surface area contributed by atoms with Gasteiger partial charge in [-0.2, -0.15) is 0 Å². The summed E-state index contributed by atoms with van der Waals surface area (Å²) in [6.07, 6.45) is 8.47. The van der Waals surface area contributed by atoms with Gasteiger partial charge in [0, 0.05) is 25.1 Å². The monoisotopic (exact) mass is 374 g/mol. The number of ether oxygens (including phenoxy) is 2. The molecule has 1 aromatic rings. The van der Waals surface area contributed by atoms with Crippen molar-refractivity contribution in [2.24, 2.45) is 5.92 Å². The molecule has 27 heavy (non-hydrogen) atoms. The molecular weight excluding hydrogens is 344 g/mol. The van der Waals surface area contributed by atoms with E-state index in [-0.39, 0.29) is 30.2 Å². The molecule has 2 fully saturated rings. The van der Waals surface area contributed by atoms with Crippen LogP contribution in [0.15, 0.2) is 18.2 Å². The highest BCUT2D eigenvalue weighted by atomic mass is 16.5. The number of nitrogens with one attached hydrogen (secondary N) is 1. The van der Waals surface area contributed by atoms with Crippen LogP contribution < -0.4 is 19.7 Å². The molecule has 1 aromatic carbocycles. The first kappa shape index (κ1) is 19.5. The van der Waals surface area contributed by atoms with E-state index in [9.17, 15) is 9.59 Å². The third-order valence-corrected chi connectivity index (χ3v) is 5.63. The molecule has 0 aromatic heterocycles. The molecule has 1 saturated carbocycles. The average Bonchev–Trinajstić information content (AvgIpc) is 3.04. The molecule has 3 rings (SSSR count). The predicted octanol–water partition coefficient (Wildman–Crippen LogP) is 3.29. The summed E-state index contributed by atoms with van der Waals surface area (Å²) in [7, 11) is 3.16. The van der Waals surface area contributed by atoms with E-state index in [1.165, 1.54) is 32.1 Å². The van der Waals surface area contributed by atoms with E-state index >= 15 is 0 Å². The lowest BCUT2D eigenvalue weighted by Gasteiger charge is -2.23. The van der Waals surface area contributed by atoms with Gasteiger partial charge in [0.15, 0.2) is 0 Å². The van der Waals surface area contributed by atoms with Crippen LogP contribution in [-0.4, -0.2) is 38.6 Å². The fourth-order valence-corrected chi connectivity index (χ4v) is 4.04. The van der Waals surface area contributed by atoms with Crippen LogP contribution in [0.1, 0.15) is 51.4 Å². The highest BCUT2D eigenvalue weighted by Gasteiger charge is 2.37. The van der Waals surface area contributed by atoms with Gasteiger partial charge in [-0.3, -0.25) is 9.59 Å². The molecule has 1 saturated heterocycles. The Morgan fingerprint density at radius 3 is 2.44 bits per heavy atom. The Kier molecular flexibility index (Phi) is 6.58. The quantitative estimate of drug-likeness (QED) is 0.859. The van der Waals surface area contributed by atoms with Crippen molar-refractivity contribution in [1.82, 2.24) is 5.32 Å². The Morgan fingerprint density at radius 1 is 1.07 bits per heavy atom. The van der Waals surface area contributed by atoms with Gasteiger partial charge in [-0.1, -0.05) is 32.1 Å². The van der Waals surface area contributed by atoms with E-state index in [0.717, 1.165) is 12.8 Å². The van der Waals surface area contributed by atoms with Gasteiger partial charge in [0.05, 0.1) is 25.8 Å². The average molecular weight is 374 g/mol. The number of amides is 2. The summed E-state index contributed by atoms with van der Waals surface area (Å²) in [5, 5.41) is 3.20. The number of methoxy groups -OCH3 is 2. The maximum atomic E-state index is 12.7. The summed E-state index contributed by atoms with van der Waals surface area (Å²) in [5.41, 5.74) is 0.685. The van der Waals surface area contributed by atoms with Gasteiger partial charge < -0.3 is 19.7 Å². The summed E-state index contributed by atoms with van der Waals surface area (Å²) in [4.78, 5) is 27.0. The molecule has 0 bridgehead atoms. The molecule has 6 nitrogen and oxygen atoms in total. The molecule has 1 aliphatic heterocycles. The molecule has 2 amide bonds. The Morgan fingerprint density at radius 2 is 1.78 bits per heavy atom. The van der Waals surface area contributed by atoms with E-state index in [1.807, 2.05) is 6.07 Å². The fourth-order valence-electron chi connectivity index (χ4n) is 4.04. The molecule has 1 aliphatic carbocycles. The minimum Gasteiger partial charge on any atom is -0.497 e. The summed E-state index contributed by atoms with van der Waals surface area (Å²) >= 11 is 0. The third kappa shape index (κ3) is 4.73. The van der Waals surface area contributed by atoms with Crippen LogP contribution in [0.25, 0.3) is 0 Å². The molecular formula is C21H30N2O4. The summed E-state index contributed by atoms with van der Waals surface area (Å²) in [6, 6.07) is 5.61. The van der Waals surface area contributed by atoms with Crippen molar-refractivity contribution in [1.29, 1.82) is 0 Å². The number of benzene rings is 1. The highest BCUT2D eigenvalue weighted by Crippen LogP contribution is 2.35. The van der Waals surface area contributed by atoms with Gasteiger partial charge in [-0.25, -0.2) is 0 Å². The van der Waals surface area contributed by atoms with Crippen LogP contribution in [0.5, 0.6) is 11.5 Å². The lowest BCUT2D eigenvalue weighted by Crippen LogP contribution is -2.40. The number of carbonyl (C=O) groups is 2. The molecule has 0 radical (unpaired) electrons. The van der Waals surface area contributed by atoms with E-state index in [1.54, 1.807) is 31.3 Å². The molecule has 0 unspecified atom stereocenters. The van der Waals surface area contributed by atoms with Gasteiger partial charge in [0.2, 0.25) is 11.8 Å². The second kappa shape index (κ2) is 9.11. The number of anilines is 1. The second-order valence-corrected chi connectivity index (χ2v) is 7.49. The van der Waals surface area contributed by atoms with E-state index in [4.69, 9.17) is 9.47 Å². The maximum Gasteiger partial charge on any atom is 0.227 e. The zero-order valence-corrected chi connectivity index (χ0v) is 16.3. The minimum absolute atomic E-state index is 0.00361. The van der Waals surface area contributed by atoms with Crippen molar-refractivity contribution < 1.29 is 19.1 Å². The van der Waals surface area contributed by atoms with Crippen molar-refractivity contribution in [3.05, 3.63) is 18.2 Å². The minimum atomic E-state index is -0.310. The molecule has 1 atom stereocenters. The number of rotatable bonds is 5.